The highest BCUT2D eigenvalue weighted by molar-refractivity contribution is 9.11. The van der Waals surface area contributed by atoms with Crippen LogP contribution in [0.5, 0.6) is 0 Å². The van der Waals surface area contributed by atoms with Crippen molar-refractivity contribution in [2.75, 3.05) is 0 Å². The minimum absolute atomic E-state index is 0.0369. The lowest BCUT2D eigenvalue weighted by Crippen LogP contribution is -2.22. The minimum Gasteiger partial charge on any atom is -0.347 e. The van der Waals surface area contributed by atoms with Gasteiger partial charge >= 0.3 is 0 Å². The van der Waals surface area contributed by atoms with E-state index in [2.05, 4.69) is 21.2 Å². The largest absolute Gasteiger partial charge is 0.347 e. The Kier molecular flexibility index (Phi) is 3.74. The van der Waals surface area contributed by atoms with Crippen LogP contribution in [0, 0.1) is 0 Å². The molecule has 1 heterocycles. The fraction of sp³-hybridized carbons (Fsp3) is 0.0833. The van der Waals surface area contributed by atoms with Crippen LogP contribution in [0.1, 0.15) is 15.2 Å². The SMILES string of the molecule is O=C(NCc1ccc(Br)s1)c1ccccc1. The van der Waals surface area contributed by atoms with Crippen LogP contribution < -0.4 is 5.32 Å². The smallest absolute Gasteiger partial charge is 0.251 e. The zero-order valence-corrected chi connectivity index (χ0v) is 10.8. The van der Waals surface area contributed by atoms with Crippen molar-refractivity contribution >= 4 is 33.2 Å². The second-order valence-corrected chi connectivity index (χ2v) is 5.80. The standard InChI is InChI=1S/C12H10BrNOS/c13-11-7-6-10(16-11)8-14-12(15)9-4-2-1-3-5-9/h1-7H,8H2,(H,14,15). The number of carbonyl (C=O) groups is 1. The highest BCUT2D eigenvalue weighted by Crippen LogP contribution is 2.21. The molecule has 0 spiro atoms. The van der Waals surface area contributed by atoms with Crippen molar-refractivity contribution in [2.24, 2.45) is 0 Å². The van der Waals surface area contributed by atoms with Gasteiger partial charge in [-0.1, -0.05) is 18.2 Å². The normalized spacial score (nSPS) is 10.1. The Labute approximate surface area is 106 Å². The Hall–Kier alpha value is -1.13. The molecule has 0 aliphatic carbocycles. The molecule has 0 atom stereocenters. The van der Waals surface area contributed by atoms with E-state index in [4.69, 9.17) is 0 Å². The molecule has 82 valence electrons. The third kappa shape index (κ3) is 2.93. The molecule has 4 heteroatoms. The molecular weight excluding hydrogens is 286 g/mol. The van der Waals surface area contributed by atoms with E-state index in [1.807, 2.05) is 30.3 Å². The van der Waals surface area contributed by atoms with E-state index in [1.54, 1.807) is 23.5 Å². The second-order valence-electron chi connectivity index (χ2n) is 3.25. The van der Waals surface area contributed by atoms with E-state index in [1.165, 1.54) is 0 Å². The number of hydrogen-bond acceptors (Lipinski definition) is 2. The van der Waals surface area contributed by atoms with Crippen LogP contribution in [0.3, 0.4) is 0 Å². The topological polar surface area (TPSA) is 29.1 Å². The lowest BCUT2D eigenvalue weighted by atomic mass is 10.2. The van der Waals surface area contributed by atoms with Crippen molar-refractivity contribution in [1.29, 1.82) is 0 Å². The zero-order valence-electron chi connectivity index (χ0n) is 8.44. The van der Waals surface area contributed by atoms with Gasteiger partial charge in [0.1, 0.15) is 0 Å². The van der Waals surface area contributed by atoms with Crippen molar-refractivity contribution < 1.29 is 4.79 Å². The van der Waals surface area contributed by atoms with Crippen molar-refractivity contribution in [3.05, 3.63) is 56.7 Å². The van der Waals surface area contributed by atoms with Crippen LogP contribution in [-0.4, -0.2) is 5.91 Å². The van der Waals surface area contributed by atoms with Crippen LogP contribution >= 0.6 is 27.3 Å². The molecule has 0 fully saturated rings. The lowest BCUT2D eigenvalue weighted by molar-refractivity contribution is 0.0951. The van der Waals surface area contributed by atoms with Gasteiger partial charge in [-0.3, -0.25) is 4.79 Å². The average molecular weight is 296 g/mol. The van der Waals surface area contributed by atoms with Crippen LogP contribution in [0.25, 0.3) is 0 Å². The molecule has 2 aromatic rings. The number of halogens is 1. The number of amides is 1. The Bertz CT molecular complexity index is 481. The van der Waals surface area contributed by atoms with Crippen molar-refractivity contribution in [1.82, 2.24) is 5.32 Å². The van der Waals surface area contributed by atoms with E-state index in [0.29, 0.717) is 12.1 Å². The molecular formula is C12H10BrNOS. The number of carbonyl (C=O) groups excluding carboxylic acids is 1. The number of thiophene rings is 1. The first-order valence-corrected chi connectivity index (χ1v) is 6.44. The lowest BCUT2D eigenvalue weighted by Gasteiger charge is -2.02. The van der Waals surface area contributed by atoms with Gasteiger partial charge in [0.2, 0.25) is 0 Å². The summed E-state index contributed by atoms with van der Waals surface area (Å²) in [7, 11) is 0. The van der Waals surface area contributed by atoms with E-state index in [0.717, 1.165) is 8.66 Å². The second kappa shape index (κ2) is 5.27. The maximum absolute atomic E-state index is 11.7. The molecule has 0 radical (unpaired) electrons. The van der Waals surface area contributed by atoms with Crippen molar-refractivity contribution in [3.8, 4) is 0 Å². The predicted octanol–water partition coefficient (Wildman–Crippen LogP) is 3.44. The van der Waals surface area contributed by atoms with Gasteiger partial charge in [0.05, 0.1) is 10.3 Å². The summed E-state index contributed by atoms with van der Waals surface area (Å²) in [5.41, 5.74) is 0.693. The number of benzene rings is 1. The minimum atomic E-state index is -0.0369. The van der Waals surface area contributed by atoms with Gasteiger partial charge in [-0.15, -0.1) is 11.3 Å². The highest BCUT2D eigenvalue weighted by Gasteiger charge is 2.04. The maximum atomic E-state index is 11.7. The van der Waals surface area contributed by atoms with Crippen LogP contribution in [0.15, 0.2) is 46.3 Å². The van der Waals surface area contributed by atoms with Gasteiger partial charge in [0, 0.05) is 10.4 Å². The number of rotatable bonds is 3. The molecule has 1 N–H and O–H groups in total. The Morgan fingerprint density at radius 3 is 2.56 bits per heavy atom. The number of hydrogen-bond donors (Lipinski definition) is 1. The fourth-order valence-electron chi connectivity index (χ4n) is 1.31. The van der Waals surface area contributed by atoms with Crippen LogP contribution in [0.2, 0.25) is 0 Å². The van der Waals surface area contributed by atoms with Gasteiger partial charge in [-0.05, 0) is 40.2 Å². The van der Waals surface area contributed by atoms with Gasteiger partial charge in [-0.25, -0.2) is 0 Å². The van der Waals surface area contributed by atoms with E-state index in [9.17, 15) is 4.79 Å². The van der Waals surface area contributed by atoms with Crippen LogP contribution in [0.4, 0.5) is 0 Å². The molecule has 0 saturated heterocycles. The van der Waals surface area contributed by atoms with Crippen molar-refractivity contribution in [3.63, 3.8) is 0 Å². The summed E-state index contributed by atoms with van der Waals surface area (Å²) in [5, 5.41) is 2.88. The molecule has 0 aliphatic rings. The maximum Gasteiger partial charge on any atom is 0.251 e. The summed E-state index contributed by atoms with van der Waals surface area (Å²) in [5.74, 6) is -0.0369. The molecule has 0 unspecified atom stereocenters. The fourth-order valence-corrected chi connectivity index (χ4v) is 2.73. The first kappa shape index (κ1) is 11.4. The Morgan fingerprint density at radius 2 is 1.94 bits per heavy atom. The summed E-state index contributed by atoms with van der Waals surface area (Å²) < 4.78 is 1.08. The molecule has 2 nitrogen and oxygen atoms in total. The Balaban J connectivity index is 1.94. The van der Waals surface area contributed by atoms with Gasteiger partial charge in [0.15, 0.2) is 0 Å². The van der Waals surface area contributed by atoms with E-state index < -0.39 is 0 Å². The third-order valence-corrected chi connectivity index (χ3v) is 3.71. The summed E-state index contributed by atoms with van der Waals surface area (Å²) in [6.45, 7) is 0.573. The van der Waals surface area contributed by atoms with Gasteiger partial charge in [-0.2, -0.15) is 0 Å². The molecule has 0 bridgehead atoms. The van der Waals surface area contributed by atoms with Crippen molar-refractivity contribution in [2.45, 2.75) is 6.54 Å². The molecule has 1 aromatic heterocycles. The Morgan fingerprint density at radius 1 is 1.19 bits per heavy atom. The monoisotopic (exact) mass is 295 g/mol. The van der Waals surface area contributed by atoms with Gasteiger partial charge < -0.3 is 5.32 Å². The molecule has 16 heavy (non-hydrogen) atoms. The highest BCUT2D eigenvalue weighted by atomic mass is 79.9. The molecule has 2 rings (SSSR count). The summed E-state index contributed by atoms with van der Waals surface area (Å²) in [4.78, 5) is 12.8. The molecule has 0 aliphatic heterocycles. The van der Waals surface area contributed by atoms with E-state index in [-0.39, 0.29) is 5.91 Å². The summed E-state index contributed by atoms with van der Waals surface area (Å²) in [6.07, 6.45) is 0. The average Bonchev–Trinajstić information content (AvgIpc) is 2.73. The van der Waals surface area contributed by atoms with E-state index >= 15 is 0 Å². The third-order valence-electron chi connectivity index (χ3n) is 2.09. The number of nitrogens with one attached hydrogen (secondary N) is 1. The quantitative estimate of drug-likeness (QED) is 0.923. The zero-order chi connectivity index (χ0) is 11.4. The first-order valence-electron chi connectivity index (χ1n) is 4.83. The van der Waals surface area contributed by atoms with Crippen LogP contribution in [-0.2, 0) is 6.54 Å². The molecule has 1 amide bonds. The van der Waals surface area contributed by atoms with Gasteiger partial charge in [0.25, 0.3) is 5.91 Å². The summed E-state index contributed by atoms with van der Waals surface area (Å²) in [6, 6.07) is 13.2. The molecule has 1 aromatic carbocycles. The molecule has 0 saturated carbocycles. The summed E-state index contributed by atoms with van der Waals surface area (Å²) >= 11 is 5.02. The first-order chi connectivity index (χ1) is 7.75. The predicted molar refractivity (Wildman–Crippen MR) is 69.6 cm³/mol.